The maximum absolute atomic E-state index is 12.7. The zero-order valence-corrected chi connectivity index (χ0v) is 11.3. The highest BCUT2D eigenvalue weighted by atomic mass is 32.1. The Morgan fingerprint density at radius 1 is 1.42 bits per heavy atom. The first-order valence-corrected chi connectivity index (χ1v) is 6.63. The molecule has 100 valence electrons. The molecule has 6 heteroatoms. The number of nitrogens with zero attached hydrogens (tertiary/aromatic N) is 1. The highest BCUT2D eigenvalue weighted by molar-refractivity contribution is 7.13. The van der Waals surface area contributed by atoms with E-state index in [0.29, 0.717) is 10.6 Å². The number of nitrogens with two attached hydrogens (primary N) is 1. The molecule has 0 amide bonds. The number of halogens is 1. The molecule has 2 rings (SSSR count). The van der Waals surface area contributed by atoms with E-state index in [2.05, 4.69) is 4.98 Å². The van der Waals surface area contributed by atoms with E-state index < -0.39 is 0 Å². The number of aryl methyl sites for hydroxylation is 1. The molecule has 0 aliphatic heterocycles. The van der Waals surface area contributed by atoms with Gasteiger partial charge in [-0.2, -0.15) is 0 Å². The van der Waals surface area contributed by atoms with Gasteiger partial charge in [-0.15, -0.1) is 11.3 Å². The topological polar surface area (TPSA) is 72.0 Å². The molecule has 0 bridgehead atoms. The number of aromatic nitrogens is 1. The van der Waals surface area contributed by atoms with Crippen LogP contribution in [0.5, 0.6) is 5.75 Å². The lowest BCUT2D eigenvalue weighted by molar-refractivity contribution is 0.305. The summed E-state index contributed by atoms with van der Waals surface area (Å²) in [6, 6.07) is 5.82. The van der Waals surface area contributed by atoms with Crippen LogP contribution in [-0.2, 0) is 13.0 Å². The van der Waals surface area contributed by atoms with Crippen LogP contribution < -0.4 is 10.5 Å². The number of nitrogen functional groups attached to an aromatic ring is 1. The lowest BCUT2D eigenvalue weighted by Crippen LogP contribution is -2.11. The van der Waals surface area contributed by atoms with E-state index in [0.717, 1.165) is 17.1 Å². The molecule has 0 radical (unpaired) electrons. The van der Waals surface area contributed by atoms with Gasteiger partial charge in [0.2, 0.25) is 0 Å². The first-order chi connectivity index (χ1) is 9.10. The SMILES string of the molecule is CCc1nc(COc2ccc(F)cc2)sc1C(=N)N. The van der Waals surface area contributed by atoms with Gasteiger partial charge in [-0.3, -0.25) is 5.41 Å². The van der Waals surface area contributed by atoms with Gasteiger partial charge >= 0.3 is 0 Å². The molecule has 0 saturated carbocycles. The maximum atomic E-state index is 12.7. The van der Waals surface area contributed by atoms with E-state index in [1.807, 2.05) is 6.92 Å². The van der Waals surface area contributed by atoms with Gasteiger partial charge in [0.1, 0.15) is 29.0 Å². The van der Waals surface area contributed by atoms with Gasteiger partial charge in [-0.25, -0.2) is 9.37 Å². The Balaban J connectivity index is 2.07. The molecule has 0 unspecified atom stereocenters. The predicted molar refractivity (Wildman–Crippen MR) is 73.2 cm³/mol. The van der Waals surface area contributed by atoms with Gasteiger partial charge in [0.25, 0.3) is 0 Å². The highest BCUT2D eigenvalue weighted by Gasteiger charge is 2.12. The number of hydrogen-bond acceptors (Lipinski definition) is 4. The normalized spacial score (nSPS) is 10.4. The fourth-order valence-electron chi connectivity index (χ4n) is 1.59. The lowest BCUT2D eigenvalue weighted by atomic mass is 10.3. The minimum Gasteiger partial charge on any atom is -0.486 e. The monoisotopic (exact) mass is 279 g/mol. The third-order valence-electron chi connectivity index (χ3n) is 2.50. The van der Waals surface area contributed by atoms with Crippen molar-refractivity contribution < 1.29 is 9.13 Å². The van der Waals surface area contributed by atoms with E-state index in [-0.39, 0.29) is 18.3 Å². The molecule has 4 nitrogen and oxygen atoms in total. The molecular weight excluding hydrogens is 265 g/mol. The third-order valence-corrected chi connectivity index (χ3v) is 3.60. The minimum absolute atomic E-state index is 0.0300. The fourth-order valence-corrected chi connectivity index (χ4v) is 2.52. The van der Waals surface area contributed by atoms with Crippen LogP contribution >= 0.6 is 11.3 Å². The van der Waals surface area contributed by atoms with Crippen LogP contribution in [0.4, 0.5) is 4.39 Å². The largest absolute Gasteiger partial charge is 0.486 e. The van der Waals surface area contributed by atoms with Gasteiger partial charge in [0.15, 0.2) is 0 Å². The fraction of sp³-hybridized carbons (Fsp3) is 0.231. The van der Waals surface area contributed by atoms with Crippen molar-refractivity contribution >= 4 is 17.2 Å². The van der Waals surface area contributed by atoms with Crippen LogP contribution in [0, 0.1) is 11.2 Å². The van der Waals surface area contributed by atoms with Crippen LogP contribution in [0.1, 0.15) is 22.5 Å². The smallest absolute Gasteiger partial charge is 0.140 e. The summed E-state index contributed by atoms with van der Waals surface area (Å²) in [7, 11) is 0. The van der Waals surface area contributed by atoms with Crippen molar-refractivity contribution in [3.8, 4) is 5.75 Å². The number of amidine groups is 1. The minimum atomic E-state index is -0.297. The molecule has 0 spiro atoms. The average Bonchev–Trinajstić information content (AvgIpc) is 2.81. The second-order valence-corrected chi connectivity index (χ2v) is 4.98. The third kappa shape index (κ3) is 3.29. The Bertz CT molecular complexity index is 580. The first-order valence-electron chi connectivity index (χ1n) is 5.81. The Morgan fingerprint density at radius 3 is 2.63 bits per heavy atom. The van der Waals surface area contributed by atoms with Crippen molar-refractivity contribution in [1.29, 1.82) is 5.41 Å². The van der Waals surface area contributed by atoms with Crippen molar-refractivity contribution in [3.63, 3.8) is 0 Å². The number of benzene rings is 1. The molecule has 3 N–H and O–H groups in total. The standard InChI is InChI=1S/C13H14FN3OS/c1-2-10-12(13(15)16)19-11(17-10)7-18-9-5-3-8(14)4-6-9/h3-6H,2,7H2,1H3,(H3,15,16). The number of hydrogen-bond donors (Lipinski definition) is 2. The summed E-state index contributed by atoms with van der Waals surface area (Å²) in [5, 5.41) is 8.23. The quantitative estimate of drug-likeness (QED) is 0.653. The molecule has 19 heavy (non-hydrogen) atoms. The zero-order valence-electron chi connectivity index (χ0n) is 10.4. The molecule has 1 aromatic carbocycles. The molecule has 2 aromatic rings. The van der Waals surface area contributed by atoms with Crippen LogP contribution in [0.2, 0.25) is 0 Å². The second-order valence-electron chi connectivity index (χ2n) is 3.89. The van der Waals surface area contributed by atoms with E-state index in [1.165, 1.54) is 23.5 Å². The number of thiazole rings is 1. The molecular formula is C13H14FN3OS. The van der Waals surface area contributed by atoms with Crippen molar-refractivity contribution in [3.05, 3.63) is 45.7 Å². The van der Waals surface area contributed by atoms with Crippen molar-refractivity contribution in [1.82, 2.24) is 4.98 Å². The Morgan fingerprint density at radius 2 is 2.11 bits per heavy atom. The molecule has 0 atom stereocenters. The van der Waals surface area contributed by atoms with Crippen molar-refractivity contribution in [2.24, 2.45) is 5.73 Å². The van der Waals surface area contributed by atoms with E-state index >= 15 is 0 Å². The van der Waals surface area contributed by atoms with Gasteiger partial charge in [0.05, 0.1) is 10.6 Å². The van der Waals surface area contributed by atoms with Crippen LogP contribution in [0.15, 0.2) is 24.3 Å². The van der Waals surface area contributed by atoms with Crippen LogP contribution in [0.25, 0.3) is 0 Å². The Labute approximate surface area is 114 Å². The van der Waals surface area contributed by atoms with Gasteiger partial charge < -0.3 is 10.5 Å². The summed E-state index contributed by atoms with van der Waals surface area (Å²) in [5.74, 6) is 0.315. The molecule has 1 heterocycles. The van der Waals surface area contributed by atoms with E-state index in [4.69, 9.17) is 15.9 Å². The van der Waals surface area contributed by atoms with E-state index in [1.54, 1.807) is 12.1 Å². The molecule has 0 fully saturated rings. The maximum Gasteiger partial charge on any atom is 0.140 e. The molecule has 1 aromatic heterocycles. The average molecular weight is 279 g/mol. The highest BCUT2D eigenvalue weighted by Crippen LogP contribution is 2.21. The Kier molecular flexibility index (Phi) is 4.11. The summed E-state index contributed by atoms with van der Waals surface area (Å²) >= 11 is 1.35. The second kappa shape index (κ2) is 5.79. The summed E-state index contributed by atoms with van der Waals surface area (Å²) in [5.41, 5.74) is 6.31. The van der Waals surface area contributed by atoms with Gasteiger partial charge in [0, 0.05) is 0 Å². The summed E-state index contributed by atoms with van der Waals surface area (Å²) in [4.78, 5) is 5.08. The summed E-state index contributed by atoms with van der Waals surface area (Å²) < 4.78 is 18.2. The van der Waals surface area contributed by atoms with E-state index in [9.17, 15) is 4.39 Å². The van der Waals surface area contributed by atoms with Gasteiger partial charge in [-0.1, -0.05) is 6.92 Å². The summed E-state index contributed by atoms with van der Waals surface area (Å²) in [6.07, 6.45) is 0.724. The first kappa shape index (κ1) is 13.5. The molecule has 0 saturated heterocycles. The Hall–Kier alpha value is -1.95. The lowest BCUT2D eigenvalue weighted by Gasteiger charge is -2.02. The molecule has 0 aliphatic carbocycles. The van der Waals surface area contributed by atoms with Crippen LogP contribution in [0.3, 0.4) is 0 Å². The number of nitrogens with one attached hydrogen (secondary N) is 1. The van der Waals surface area contributed by atoms with Crippen molar-refractivity contribution in [2.45, 2.75) is 20.0 Å². The van der Waals surface area contributed by atoms with Crippen molar-refractivity contribution in [2.75, 3.05) is 0 Å². The summed E-state index contributed by atoms with van der Waals surface area (Å²) in [6.45, 7) is 2.25. The zero-order chi connectivity index (χ0) is 13.8. The predicted octanol–water partition coefficient (Wildman–Crippen LogP) is 2.71. The number of rotatable bonds is 5. The number of ether oxygens (including phenoxy) is 1. The van der Waals surface area contributed by atoms with Gasteiger partial charge in [-0.05, 0) is 30.7 Å². The molecule has 0 aliphatic rings. The van der Waals surface area contributed by atoms with Crippen LogP contribution in [-0.4, -0.2) is 10.8 Å².